The minimum atomic E-state index is -0.225. The van der Waals surface area contributed by atoms with Crippen LogP contribution in [0.2, 0.25) is 5.15 Å². The third-order valence-electron chi connectivity index (χ3n) is 2.35. The van der Waals surface area contributed by atoms with E-state index in [2.05, 4.69) is 15.3 Å². The highest BCUT2D eigenvalue weighted by Crippen LogP contribution is 2.16. The summed E-state index contributed by atoms with van der Waals surface area (Å²) in [5.74, 6) is -0.225. The van der Waals surface area contributed by atoms with Crippen molar-refractivity contribution in [2.45, 2.75) is 6.92 Å². The molecule has 0 radical (unpaired) electrons. The smallest absolute Gasteiger partial charge is 0.273 e. The van der Waals surface area contributed by atoms with Gasteiger partial charge in [-0.15, -0.1) is 0 Å². The maximum atomic E-state index is 11.9. The van der Waals surface area contributed by atoms with Gasteiger partial charge in [0, 0.05) is 7.05 Å². The largest absolute Gasteiger partial charge is 0.330 e. The number of aryl methyl sites for hydroxylation is 2. The van der Waals surface area contributed by atoms with Crippen molar-refractivity contribution in [3.63, 3.8) is 0 Å². The summed E-state index contributed by atoms with van der Waals surface area (Å²) in [6.45, 7) is 1.78. The number of amides is 1. The lowest BCUT2D eigenvalue weighted by Crippen LogP contribution is -2.16. The number of rotatable bonds is 2. The summed E-state index contributed by atoms with van der Waals surface area (Å²) in [6, 6.07) is 3.35. The zero-order valence-electron chi connectivity index (χ0n) is 9.44. The number of carbonyl (C=O) groups is 1. The Balaban J connectivity index is 2.22. The second-order valence-corrected chi connectivity index (χ2v) is 4.00. The zero-order chi connectivity index (χ0) is 12.4. The van der Waals surface area contributed by atoms with Gasteiger partial charge in [0.25, 0.3) is 5.91 Å². The van der Waals surface area contributed by atoms with E-state index < -0.39 is 0 Å². The fourth-order valence-electron chi connectivity index (χ4n) is 1.42. The molecule has 0 aliphatic heterocycles. The molecule has 2 aromatic heterocycles. The monoisotopic (exact) mass is 250 g/mol. The first-order chi connectivity index (χ1) is 8.08. The Bertz CT molecular complexity index is 564. The maximum absolute atomic E-state index is 11.9. The van der Waals surface area contributed by atoms with Crippen molar-refractivity contribution >= 4 is 23.2 Å². The van der Waals surface area contributed by atoms with E-state index in [1.165, 1.54) is 6.20 Å². The molecule has 5 nitrogen and oxygen atoms in total. The third kappa shape index (κ3) is 2.45. The van der Waals surface area contributed by atoms with Crippen molar-refractivity contribution in [1.82, 2.24) is 14.5 Å². The quantitative estimate of drug-likeness (QED) is 0.830. The van der Waals surface area contributed by atoms with Gasteiger partial charge in [0.15, 0.2) is 0 Å². The van der Waals surface area contributed by atoms with Gasteiger partial charge in [0.05, 0.1) is 23.9 Å². The van der Waals surface area contributed by atoms with Crippen LogP contribution in [-0.4, -0.2) is 20.4 Å². The lowest BCUT2D eigenvalue weighted by Gasteiger charge is -2.07. The van der Waals surface area contributed by atoms with Crippen LogP contribution < -0.4 is 5.32 Å². The number of nitrogens with zero attached hydrogens (tertiary/aromatic N) is 3. The lowest BCUT2D eigenvalue weighted by atomic mass is 10.3. The summed E-state index contributed by atoms with van der Waals surface area (Å²) in [7, 11) is 1.76. The van der Waals surface area contributed by atoms with E-state index in [4.69, 9.17) is 11.6 Å². The number of aromatic nitrogens is 3. The normalized spacial score (nSPS) is 10.3. The van der Waals surface area contributed by atoms with Crippen molar-refractivity contribution in [3.8, 4) is 0 Å². The van der Waals surface area contributed by atoms with Gasteiger partial charge in [-0.25, -0.2) is 9.97 Å². The van der Waals surface area contributed by atoms with E-state index in [1.807, 2.05) is 0 Å². The van der Waals surface area contributed by atoms with Crippen LogP contribution in [-0.2, 0) is 7.05 Å². The minimum absolute atomic E-state index is 0.225. The second kappa shape index (κ2) is 4.55. The predicted molar refractivity (Wildman–Crippen MR) is 65.1 cm³/mol. The number of pyridine rings is 1. The molecule has 88 valence electrons. The summed E-state index contributed by atoms with van der Waals surface area (Å²) >= 11 is 5.74. The molecule has 0 aliphatic rings. The Kier molecular flexibility index (Phi) is 3.10. The van der Waals surface area contributed by atoms with Crippen LogP contribution >= 0.6 is 11.6 Å². The SMILES string of the molecule is Cc1nc(Cl)ccc1NC(=O)c1cncn1C. The number of anilines is 1. The molecule has 2 rings (SSSR count). The molecule has 0 aromatic carbocycles. The maximum Gasteiger partial charge on any atom is 0.273 e. The molecule has 17 heavy (non-hydrogen) atoms. The van der Waals surface area contributed by atoms with Gasteiger partial charge in [-0.05, 0) is 19.1 Å². The minimum Gasteiger partial charge on any atom is -0.330 e. The van der Waals surface area contributed by atoms with Crippen molar-refractivity contribution in [1.29, 1.82) is 0 Å². The first-order valence-corrected chi connectivity index (χ1v) is 5.36. The van der Waals surface area contributed by atoms with E-state index in [0.29, 0.717) is 22.2 Å². The summed E-state index contributed by atoms with van der Waals surface area (Å²) in [6.07, 6.45) is 3.08. The number of carbonyl (C=O) groups excluding carboxylic acids is 1. The Hall–Kier alpha value is -1.88. The molecular weight excluding hydrogens is 240 g/mol. The summed E-state index contributed by atoms with van der Waals surface area (Å²) < 4.78 is 1.65. The molecule has 0 bridgehead atoms. The molecule has 0 unspecified atom stereocenters. The number of nitrogens with one attached hydrogen (secondary N) is 1. The first-order valence-electron chi connectivity index (χ1n) is 4.99. The van der Waals surface area contributed by atoms with Gasteiger partial charge in [-0.1, -0.05) is 11.6 Å². The van der Waals surface area contributed by atoms with Gasteiger partial charge in [0.2, 0.25) is 0 Å². The lowest BCUT2D eigenvalue weighted by molar-refractivity contribution is 0.101. The second-order valence-electron chi connectivity index (χ2n) is 3.61. The first kappa shape index (κ1) is 11.6. The van der Waals surface area contributed by atoms with E-state index in [0.717, 1.165) is 0 Å². The summed E-state index contributed by atoms with van der Waals surface area (Å²) in [4.78, 5) is 19.8. The molecule has 0 spiro atoms. The molecule has 6 heteroatoms. The summed E-state index contributed by atoms with van der Waals surface area (Å²) in [5.41, 5.74) is 1.80. The highest BCUT2D eigenvalue weighted by Gasteiger charge is 2.11. The topological polar surface area (TPSA) is 59.8 Å². The number of imidazole rings is 1. The molecule has 0 atom stereocenters. The van der Waals surface area contributed by atoms with Gasteiger partial charge < -0.3 is 9.88 Å². The van der Waals surface area contributed by atoms with Crippen LogP contribution in [0.4, 0.5) is 5.69 Å². The fourth-order valence-corrected chi connectivity index (χ4v) is 1.61. The standard InChI is InChI=1S/C11H11ClN4O/c1-7-8(3-4-10(12)14-7)15-11(17)9-5-13-6-16(9)2/h3-6H,1-2H3,(H,15,17). The van der Waals surface area contributed by atoms with Crippen LogP contribution in [0.3, 0.4) is 0 Å². The van der Waals surface area contributed by atoms with Crippen molar-refractivity contribution in [3.05, 3.63) is 41.2 Å². The highest BCUT2D eigenvalue weighted by atomic mass is 35.5. The Labute approximate surface area is 103 Å². The average molecular weight is 251 g/mol. The van der Waals surface area contributed by atoms with Gasteiger partial charge in [0.1, 0.15) is 10.8 Å². The number of halogens is 1. The zero-order valence-corrected chi connectivity index (χ0v) is 10.2. The third-order valence-corrected chi connectivity index (χ3v) is 2.56. The fraction of sp³-hybridized carbons (Fsp3) is 0.182. The van der Waals surface area contributed by atoms with Crippen LogP contribution in [0, 0.1) is 6.92 Å². The van der Waals surface area contributed by atoms with Gasteiger partial charge in [-0.3, -0.25) is 4.79 Å². The number of hydrogen-bond acceptors (Lipinski definition) is 3. The molecule has 1 amide bonds. The molecule has 2 aromatic rings. The van der Waals surface area contributed by atoms with Crippen molar-refractivity contribution in [2.24, 2.45) is 7.05 Å². The molecule has 2 heterocycles. The average Bonchev–Trinajstić information content (AvgIpc) is 2.68. The van der Waals surface area contributed by atoms with Crippen molar-refractivity contribution < 1.29 is 4.79 Å². The molecular formula is C11H11ClN4O. The van der Waals surface area contributed by atoms with E-state index in [9.17, 15) is 4.79 Å². The Morgan fingerprint density at radius 2 is 2.24 bits per heavy atom. The van der Waals surface area contributed by atoms with E-state index in [1.54, 1.807) is 37.0 Å². The summed E-state index contributed by atoms with van der Waals surface area (Å²) in [5, 5.41) is 3.16. The molecule has 1 N–H and O–H groups in total. The molecule has 0 saturated heterocycles. The molecule has 0 fully saturated rings. The van der Waals surface area contributed by atoms with Crippen LogP contribution in [0.25, 0.3) is 0 Å². The highest BCUT2D eigenvalue weighted by molar-refractivity contribution is 6.29. The number of hydrogen-bond donors (Lipinski definition) is 1. The van der Waals surface area contributed by atoms with E-state index >= 15 is 0 Å². The van der Waals surface area contributed by atoms with Crippen LogP contribution in [0.15, 0.2) is 24.7 Å². The predicted octanol–water partition coefficient (Wildman–Crippen LogP) is 2.03. The van der Waals surface area contributed by atoms with Crippen LogP contribution in [0.5, 0.6) is 0 Å². The van der Waals surface area contributed by atoms with Crippen molar-refractivity contribution in [2.75, 3.05) is 5.32 Å². The van der Waals surface area contributed by atoms with E-state index in [-0.39, 0.29) is 5.91 Å². The Morgan fingerprint density at radius 1 is 1.47 bits per heavy atom. The van der Waals surface area contributed by atoms with Gasteiger partial charge in [-0.2, -0.15) is 0 Å². The molecule has 0 saturated carbocycles. The van der Waals surface area contributed by atoms with Gasteiger partial charge >= 0.3 is 0 Å². The molecule has 0 aliphatic carbocycles. The van der Waals surface area contributed by atoms with Crippen LogP contribution in [0.1, 0.15) is 16.2 Å². The Morgan fingerprint density at radius 3 is 2.82 bits per heavy atom.